The van der Waals surface area contributed by atoms with Gasteiger partial charge in [0, 0.05) is 19.2 Å². The van der Waals surface area contributed by atoms with Crippen molar-refractivity contribution in [3.05, 3.63) is 28.5 Å². The first-order chi connectivity index (χ1) is 8.78. The molecule has 0 fully saturated rings. The molecule has 0 atom stereocenters. The molecule has 0 aromatic carbocycles. The topological polar surface area (TPSA) is 75.9 Å². The van der Waals surface area contributed by atoms with E-state index in [1.54, 1.807) is 11.3 Å². The molecule has 96 valence electrons. The van der Waals surface area contributed by atoms with Crippen LogP contribution in [0.4, 0.5) is 17.6 Å². The number of nitrogens with zero attached hydrogens (tertiary/aromatic N) is 2. The van der Waals surface area contributed by atoms with Crippen LogP contribution in [0, 0.1) is 0 Å². The molecule has 0 spiro atoms. The van der Waals surface area contributed by atoms with Gasteiger partial charge in [-0.05, 0) is 28.8 Å². The molecule has 2 heterocycles. The Labute approximate surface area is 110 Å². The monoisotopic (exact) mass is 263 g/mol. The normalized spacial score (nSPS) is 10.3. The lowest BCUT2D eigenvalue weighted by atomic mass is 10.3. The Balaban J connectivity index is 2.00. The average molecular weight is 263 g/mol. The molecule has 2 aromatic rings. The zero-order valence-corrected chi connectivity index (χ0v) is 11.1. The van der Waals surface area contributed by atoms with Crippen molar-refractivity contribution in [2.75, 3.05) is 22.9 Å². The molecule has 0 radical (unpaired) electrons. The highest BCUT2D eigenvalue weighted by molar-refractivity contribution is 7.07. The molecule has 0 aliphatic heterocycles. The van der Waals surface area contributed by atoms with Crippen LogP contribution in [-0.2, 0) is 6.54 Å². The van der Waals surface area contributed by atoms with Crippen LogP contribution in [0.25, 0.3) is 0 Å². The predicted octanol–water partition coefficient (Wildman–Crippen LogP) is 2.55. The lowest BCUT2D eigenvalue weighted by Gasteiger charge is -2.08. The van der Waals surface area contributed by atoms with Gasteiger partial charge in [0.25, 0.3) is 0 Å². The molecule has 0 aliphatic rings. The van der Waals surface area contributed by atoms with Crippen LogP contribution >= 0.6 is 11.3 Å². The summed E-state index contributed by atoms with van der Waals surface area (Å²) in [6.07, 6.45) is 1.04. The summed E-state index contributed by atoms with van der Waals surface area (Å²) >= 11 is 1.68. The van der Waals surface area contributed by atoms with Crippen molar-refractivity contribution in [1.82, 2.24) is 9.97 Å². The quantitative estimate of drug-likeness (QED) is 0.746. The first-order valence-corrected chi connectivity index (χ1v) is 6.85. The maximum atomic E-state index is 5.68. The molecule has 18 heavy (non-hydrogen) atoms. The molecule has 5 nitrogen and oxygen atoms in total. The van der Waals surface area contributed by atoms with Crippen molar-refractivity contribution in [2.24, 2.45) is 0 Å². The van der Waals surface area contributed by atoms with Gasteiger partial charge in [0.1, 0.15) is 11.6 Å². The molecule has 0 unspecified atom stereocenters. The average Bonchev–Trinajstić information content (AvgIpc) is 2.86. The van der Waals surface area contributed by atoms with E-state index in [0.717, 1.165) is 31.1 Å². The summed E-state index contributed by atoms with van der Waals surface area (Å²) in [6, 6.07) is 3.96. The predicted molar refractivity (Wildman–Crippen MR) is 76.9 cm³/mol. The van der Waals surface area contributed by atoms with Crippen molar-refractivity contribution < 1.29 is 0 Å². The lowest BCUT2D eigenvalue weighted by molar-refractivity contribution is 0.965. The van der Waals surface area contributed by atoms with Gasteiger partial charge in [0.05, 0.1) is 0 Å². The Morgan fingerprint density at radius 2 is 2.06 bits per heavy atom. The van der Waals surface area contributed by atoms with Crippen LogP contribution in [0.1, 0.15) is 18.9 Å². The van der Waals surface area contributed by atoms with Crippen molar-refractivity contribution in [1.29, 1.82) is 0 Å². The van der Waals surface area contributed by atoms with E-state index in [1.807, 2.05) is 6.07 Å². The number of rotatable bonds is 6. The van der Waals surface area contributed by atoms with E-state index in [-0.39, 0.29) is 5.95 Å². The van der Waals surface area contributed by atoms with E-state index < -0.39 is 0 Å². The second-order valence-electron chi connectivity index (χ2n) is 3.91. The van der Waals surface area contributed by atoms with Crippen LogP contribution in [0.15, 0.2) is 22.9 Å². The highest BCUT2D eigenvalue weighted by Gasteiger charge is 2.02. The van der Waals surface area contributed by atoms with E-state index in [0.29, 0.717) is 0 Å². The molecular formula is C12H17N5S. The molecule has 0 bridgehead atoms. The van der Waals surface area contributed by atoms with Gasteiger partial charge >= 0.3 is 0 Å². The number of hydrogen-bond acceptors (Lipinski definition) is 6. The SMILES string of the molecule is CCCNc1cc(NCc2ccsc2)nc(N)n1. The number of nitrogens with one attached hydrogen (secondary N) is 2. The van der Waals surface area contributed by atoms with E-state index in [9.17, 15) is 0 Å². The van der Waals surface area contributed by atoms with Gasteiger partial charge in [-0.15, -0.1) is 0 Å². The Morgan fingerprint density at radius 1 is 1.28 bits per heavy atom. The molecule has 2 rings (SSSR count). The van der Waals surface area contributed by atoms with Gasteiger partial charge in [0.15, 0.2) is 0 Å². The maximum Gasteiger partial charge on any atom is 0.223 e. The van der Waals surface area contributed by atoms with Gasteiger partial charge in [-0.3, -0.25) is 0 Å². The zero-order valence-electron chi connectivity index (χ0n) is 10.3. The lowest BCUT2D eigenvalue weighted by Crippen LogP contribution is -2.08. The molecule has 2 aromatic heterocycles. The summed E-state index contributed by atoms with van der Waals surface area (Å²) in [7, 11) is 0. The van der Waals surface area contributed by atoms with Crippen LogP contribution in [-0.4, -0.2) is 16.5 Å². The second-order valence-corrected chi connectivity index (χ2v) is 4.69. The molecular weight excluding hydrogens is 246 g/mol. The van der Waals surface area contributed by atoms with Gasteiger partial charge in [0.2, 0.25) is 5.95 Å². The Morgan fingerprint density at radius 3 is 2.72 bits per heavy atom. The van der Waals surface area contributed by atoms with E-state index in [2.05, 4.69) is 44.4 Å². The van der Waals surface area contributed by atoms with Crippen molar-refractivity contribution in [3.8, 4) is 0 Å². The number of thiophene rings is 1. The van der Waals surface area contributed by atoms with E-state index >= 15 is 0 Å². The Hall–Kier alpha value is -1.82. The first-order valence-electron chi connectivity index (χ1n) is 5.91. The van der Waals surface area contributed by atoms with Crippen LogP contribution in [0.2, 0.25) is 0 Å². The number of hydrogen-bond donors (Lipinski definition) is 3. The fraction of sp³-hybridized carbons (Fsp3) is 0.333. The van der Waals surface area contributed by atoms with Crippen molar-refractivity contribution in [2.45, 2.75) is 19.9 Å². The number of anilines is 3. The van der Waals surface area contributed by atoms with Crippen LogP contribution in [0.3, 0.4) is 0 Å². The van der Waals surface area contributed by atoms with Gasteiger partial charge in [-0.1, -0.05) is 6.92 Å². The standard InChI is InChI=1S/C12H17N5S/c1-2-4-14-10-6-11(17-12(13)16-10)15-7-9-3-5-18-8-9/h3,5-6,8H,2,4,7H2,1H3,(H4,13,14,15,16,17). The van der Waals surface area contributed by atoms with E-state index in [4.69, 9.17) is 5.73 Å². The highest BCUT2D eigenvalue weighted by Crippen LogP contribution is 2.14. The highest BCUT2D eigenvalue weighted by atomic mass is 32.1. The molecule has 0 saturated carbocycles. The Bertz CT molecular complexity index is 483. The summed E-state index contributed by atoms with van der Waals surface area (Å²) in [6.45, 7) is 3.72. The number of aromatic nitrogens is 2. The minimum Gasteiger partial charge on any atom is -0.370 e. The van der Waals surface area contributed by atoms with Crippen LogP contribution < -0.4 is 16.4 Å². The third-order valence-corrected chi connectivity index (χ3v) is 3.09. The Kier molecular flexibility index (Phi) is 4.35. The third-order valence-electron chi connectivity index (χ3n) is 2.35. The molecule has 4 N–H and O–H groups in total. The molecule has 0 saturated heterocycles. The summed E-state index contributed by atoms with van der Waals surface area (Å²) < 4.78 is 0. The minimum atomic E-state index is 0.281. The van der Waals surface area contributed by atoms with E-state index in [1.165, 1.54) is 5.56 Å². The molecule has 0 amide bonds. The number of nitrogens with two attached hydrogens (primary N) is 1. The minimum absolute atomic E-state index is 0.281. The van der Waals surface area contributed by atoms with Crippen LogP contribution in [0.5, 0.6) is 0 Å². The summed E-state index contributed by atoms with van der Waals surface area (Å²) in [5.41, 5.74) is 6.92. The third kappa shape index (κ3) is 3.59. The summed E-state index contributed by atoms with van der Waals surface area (Å²) in [5.74, 6) is 1.79. The maximum absolute atomic E-state index is 5.68. The summed E-state index contributed by atoms with van der Waals surface area (Å²) in [5, 5.41) is 10.6. The van der Waals surface area contributed by atoms with Gasteiger partial charge < -0.3 is 16.4 Å². The van der Waals surface area contributed by atoms with Gasteiger partial charge in [-0.2, -0.15) is 21.3 Å². The first kappa shape index (κ1) is 12.6. The molecule has 0 aliphatic carbocycles. The fourth-order valence-corrected chi connectivity index (χ4v) is 2.15. The zero-order chi connectivity index (χ0) is 12.8. The van der Waals surface area contributed by atoms with Gasteiger partial charge in [-0.25, -0.2) is 0 Å². The number of nitrogen functional groups attached to an aromatic ring is 1. The van der Waals surface area contributed by atoms with Crippen molar-refractivity contribution >= 4 is 28.9 Å². The largest absolute Gasteiger partial charge is 0.370 e. The fourth-order valence-electron chi connectivity index (χ4n) is 1.49. The van der Waals surface area contributed by atoms with Crippen molar-refractivity contribution in [3.63, 3.8) is 0 Å². The second kappa shape index (κ2) is 6.20. The summed E-state index contributed by atoms with van der Waals surface area (Å²) in [4.78, 5) is 8.29. The molecule has 6 heteroatoms. The smallest absolute Gasteiger partial charge is 0.223 e.